The van der Waals surface area contributed by atoms with Crippen molar-refractivity contribution in [1.29, 1.82) is 0 Å². The Bertz CT molecular complexity index is 998. The van der Waals surface area contributed by atoms with Gasteiger partial charge in [0, 0.05) is 6.54 Å². The number of hydrogen-bond donors (Lipinski definition) is 3. The lowest BCUT2D eigenvalue weighted by molar-refractivity contribution is 0.255. The Morgan fingerprint density at radius 2 is 1.90 bits per heavy atom. The zero-order valence-corrected chi connectivity index (χ0v) is 16.4. The minimum atomic E-state index is -4.16. The van der Waals surface area contributed by atoms with E-state index in [0.717, 1.165) is 0 Å². The number of hydrogen-bond acceptors (Lipinski definition) is 10. The van der Waals surface area contributed by atoms with E-state index in [1.165, 1.54) is 32.7 Å². The monoisotopic (exact) mass is 421 g/mol. The highest BCUT2D eigenvalue weighted by Crippen LogP contribution is 2.19. The molecule has 0 spiro atoms. The number of aliphatic imine (C=N–C) groups is 1. The molecule has 0 saturated carbocycles. The quantitative estimate of drug-likeness (QED) is 0.574. The Hall–Kier alpha value is -3.45. The predicted octanol–water partition coefficient (Wildman–Crippen LogP) is 0.310. The predicted molar refractivity (Wildman–Crippen MR) is 103 cm³/mol. The van der Waals surface area contributed by atoms with Gasteiger partial charge in [-0.2, -0.15) is 15.0 Å². The van der Waals surface area contributed by atoms with Crippen molar-refractivity contribution in [3.05, 3.63) is 35.9 Å². The summed E-state index contributed by atoms with van der Waals surface area (Å²) in [6.45, 7) is 0.659. The van der Waals surface area contributed by atoms with Gasteiger partial charge in [0.25, 0.3) is 10.0 Å². The normalized spacial score (nSPS) is 13.6. The lowest BCUT2D eigenvalue weighted by atomic mass is 10.2. The summed E-state index contributed by atoms with van der Waals surface area (Å²) in [4.78, 5) is 24.1. The van der Waals surface area contributed by atoms with E-state index in [4.69, 9.17) is 9.47 Å². The van der Waals surface area contributed by atoms with Crippen LogP contribution < -0.4 is 24.9 Å². The lowest BCUT2D eigenvalue weighted by Gasteiger charge is -2.17. The zero-order valence-electron chi connectivity index (χ0n) is 15.6. The van der Waals surface area contributed by atoms with Crippen molar-refractivity contribution in [2.45, 2.75) is 11.4 Å². The van der Waals surface area contributed by atoms with Crippen LogP contribution in [0.2, 0.25) is 0 Å². The van der Waals surface area contributed by atoms with Gasteiger partial charge < -0.3 is 14.9 Å². The molecule has 29 heavy (non-hydrogen) atoms. The van der Waals surface area contributed by atoms with Gasteiger partial charge in [-0.15, -0.1) is 0 Å². The van der Waals surface area contributed by atoms with Gasteiger partial charge in [-0.3, -0.25) is 10.3 Å². The van der Waals surface area contributed by atoms with Crippen LogP contribution in [0.3, 0.4) is 0 Å². The van der Waals surface area contributed by atoms with Crippen LogP contribution in [-0.4, -0.2) is 56.7 Å². The molecule has 3 rings (SSSR count). The third-order valence-corrected chi connectivity index (χ3v) is 5.19. The van der Waals surface area contributed by atoms with Crippen molar-refractivity contribution in [1.82, 2.24) is 25.1 Å². The van der Waals surface area contributed by atoms with Gasteiger partial charge in [-0.25, -0.2) is 17.9 Å². The van der Waals surface area contributed by atoms with Crippen molar-refractivity contribution in [2.24, 2.45) is 4.99 Å². The zero-order chi connectivity index (χ0) is 20.9. The third-order valence-electron chi connectivity index (χ3n) is 3.76. The number of aromatic nitrogens is 2. The minimum Gasteiger partial charge on any atom is -0.481 e. The number of urea groups is 1. The van der Waals surface area contributed by atoms with E-state index in [1.54, 1.807) is 23.2 Å². The number of ether oxygens (including phenoxy) is 2. The molecule has 1 aliphatic rings. The maximum atomic E-state index is 12.7. The Labute approximate surface area is 167 Å². The van der Waals surface area contributed by atoms with Gasteiger partial charge in [0.15, 0.2) is 0 Å². The van der Waals surface area contributed by atoms with E-state index < -0.39 is 16.1 Å². The van der Waals surface area contributed by atoms with Crippen LogP contribution >= 0.6 is 0 Å². The summed E-state index contributed by atoms with van der Waals surface area (Å²) in [6.07, 6.45) is 1.52. The molecule has 0 unspecified atom stereocenters. The number of methoxy groups -OCH3 is 2. The number of anilines is 1. The van der Waals surface area contributed by atoms with Gasteiger partial charge in [-0.05, 0) is 11.6 Å². The van der Waals surface area contributed by atoms with Gasteiger partial charge in [0.1, 0.15) is 6.67 Å². The number of hydrazine groups is 1. The number of sulfonamides is 1. The number of nitrogens with one attached hydrogen (secondary N) is 3. The summed E-state index contributed by atoms with van der Waals surface area (Å²) in [6, 6.07) is 6.72. The number of rotatable bonds is 7. The summed E-state index contributed by atoms with van der Waals surface area (Å²) in [5, 5.41) is 3.97. The molecule has 12 nitrogen and oxygen atoms in total. The second kappa shape index (κ2) is 8.70. The first-order valence-corrected chi connectivity index (χ1v) is 9.78. The molecule has 0 fully saturated rings. The average Bonchev–Trinajstić information content (AvgIpc) is 3.20. The summed E-state index contributed by atoms with van der Waals surface area (Å²) < 4.78 is 37.4. The van der Waals surface area contributed by atoms with Crippen molar-refractivity contribution >= 4 is 28.3 Å². The fourth-order valence-corrected chi connectivity index (χ4v) is 3.61. The van der Waals surface area contributed by atoms with E-state index >= 15 is 0 Å². The summed E-state index contributed by atoms with van der Waals surface area (Å²) in [7, 11) is -1.39. The molecule has 1 aromatic carbocycles. The first-order chi connectivity index (χ1) is 13.9. The molecule has 154 valence electrons. The van der Waals surface area contributed by atoms with E-state index in [9.17, 15) is 13.2 Å². The number of carbonyl (C=O) groups is 1. The average molecular weight is 421 g/mol. The molecule has 2 heterocycles. The molecule has 0 atom stereocenters. The van der Waals surface area contributed by atoms with E-state index in [0.29, 0.717) is 12.2 Å². The number of benzene rings is 1. The van der Waals surface area contributed by atoms with Crippen molar-refractivity contribution in [2.75, 3.05) is 26.2 Å². The molecule has 2 aromatic rings. The van der Waals surface area contributed by atoms with Gasteiger partial charge in [0.05, 0.1) is 31.5 Å². The molecule has 0 saturated heterocycles. The summed E-state index contributed by atoms with van der Waals surface area (Å²) in [5.74, 6) is 0.0990. The molecule has 0 radical (unpaired) electrons. The number of carbonyl (C=O) groups excluding carboxylic acids is 1. The molecule has 0 bridgehead atoms. The molecule has 0 aliphatic carbocycles. The van der Waals surface area contributed by atoms with E-state index in [1.807, 2.05) is 4.72 Å². The van der Waals surface area contributed by atoms with Gasteiger partial charge in [0.2, 0.25) is 17.7 Å². The van der Waals surface area contributed by atoms with Crippen LogP contribution in [0.4, 0.5) is 10.7 Å². The van der Waals surface area contributed by atoms with Crippen LogP contribution in [0.1, 0.15) is 5.56 Å². The topological polar surface area (TPSA) is 147 Å². The maximum Gasteiger partial charge on any atom is 0.335 e. The Morgan fingerprint density at radius 3 is 2.52 bits per heavy atom. The summed E-state index contributed by atoms with van der Waals surface area (Å²) in [5.41, 5.74) is 3.38. The fraction of sp³-hybridized carbons (Fsp3) is 0.250. The SMILES string of the molecule is COc1cc(OC)nc(NC(=O)NS(=O)(=O)c2ccccc2CN2CN=CN2)n1. The van der Waals surface area contributed by atoms with Crippen LogP contribution in [0.15, 0.2) is 40.2 Å². The van der Waals surface area contributed by atoms with Crippen molar-refractivity contribution < 1.29 is 22.7 Å². The second-order valence-electron chi connectivity index (χ2n) is 5.72. The van der Waals surface area contributed by atoms with Crippen LogP contribution in [-0.2, 0) is 16.6 Å². The smallest absolute Gasteiger partial charge is 0.335 e. The van der Waals surface area contributed by atoms with E-state index in [2.05, 4.69) is 25.7 Å². The highest BCUT2D eigenvalue weighted by molar-refractivity contribution is 7.90. The number of nitrogens with zero attached hydrogens (tertiary/aromatic N) is 4. The standard InChI is InChI=1S/C16H19N7O5S/c1-27-13-7-14(28-2)20-15(19-13)21-16(24)22-29(25,26)12-6-4-3-5-11(12)8-23-10-17-9-18-23/h3-7,9H,8,10H2,1-2H3,(H,17,18)(H2,19,20,21,22,24). The summed E-state index contributed by atoms with van der Waals surface area (Å²) >= 11 is 0. The second-order valence-corrected chi connectivity index (χ2v) is 7.37. The van der Waals surface area contributed by atoms with Crippen LogP contribution in [0.5, 0.6) is 11.8 Å². The number of amides is 2. The molecule has 1 aliphatic heterocycles. The Balaban J connectivity index is 1.75. The van der Waals surface area contributed by atoms with Gasteiger partial charge in [-0.1, -0.05) is 18.2 Å². The van der Waals surface area contributed by atoms with Crippen LogP contribution in [0, 0.1) is 0 Å². The maximum absolute atomic E-state index is 12.7. The Morgan fingerprint density at radius 1 is 1.21 bits per heavy atom. The van der Waals surface area contributed by atoms with E-state index in [-0.39, 0.29) is 29.1 Å². The van der Waals surface area contributed by atoms with Crippen LogP contribution in [0.25, 0.3) is 0 Å². The third kappa shape index (κ3) is 5.08. The lowest BCUT2D eigenvalue weighted by Crippen LogP contribution is -2.36. The highest BCUT2D eigenvalue weighted by atomic mass is 32.2. The molecule has 1 aromatic heterocycles. The molecule has 2 amide bonds. The molecular weight excluding hydrogens is 402 g/mol. The van der Waals surface area contributed by atoms with Crippen molar-refractivity contribution in [3.8, 4) is 11.8 Å². The first-order valence-electron chi connectivity index (χ1n) is 8.29. The fourth-order valence-electron chi connectivity index (χ4n) is 2.47. The molecule has 3 N–H and O–H groups in total. The minimum absolute atomic E-state index is 0.0343. The molecular formula is C16H19N7O5S. The van der Waals surface area contributed by atoms with Gasteiger partial charge >= 0.3 is 6.03 Å². The molecule has 13 heteroatoms. The Kier molecular flexibility index (Phi) is 6.09. The first kappa shape index (κ1) is 20.3. The largest absolute Gasteiger partial charge is 0.481 e. The highest BCUT2D eigenvalue weighted by Gasteiger charge is 2.23. The van der Waals surface area contributed by atoms with Crippen molar-refractivity contribution in [3.63, 3.8) is 0 Å².